The number of sulfonamides is 1. The first-order valence-electron chi connectivity index (χ1n) is 5.64. The maximum atomic E-state index is 12.1. The van der Waals surface area contributed by atoms with Gasteiger partial charge >= 0.3 is 0 Å². The van der Waals surface area contributed by atoms with E-state index in [-0.39, 0.29) is 11.4 Å². The van der Waals surface area contributed by atoms with Gasteiger partial charge in [0.1, 0.15) is 5.82 Å². The molecule has 5 nitrogen and oxygen atoms in total. The second-order valence-electron chi connectivity index (χ2n) is 4.06. The van der Waals surface area contributed by atoms with Gasteiger partial charge in [0.25, 0.3) is 0 Å². The van der Waals surface area contributed by atoms with Crippen molar-refractivity contribution in [2.45, 2.75) is 16.8 Å². The average Bonchev–Trinajstić information content (AvgIpc) is 2.82. The first kappa shape index (κ1) is 14.2. The van der Waals surface area contributed by atoms with E-state index < -0.39 is 10.0 Å². The lowest BCUT2D eigenvalue weighted by atomic mass is 10.2. The van der Waals surface area contributed by atoms with E-state index in [1.54, 1.807) is 41.2 Å². The minimum atomic E-state index is -3.50. The second kappa shape index (κ2) is 5.85. The number of aromatic nitrogens is 2. The predicted molar refractivity (Wildman–Crippen MR) is 76.3 cm³/mol. The normalized spacial score (nSPS) is 11.7. The topological polar surface area (TPSA) is 64.0 Å². The van der Waals surface area contributed by atoms with E-state index in [0.717, 1.165) is 5.56 Å². The molecule has 2 rings (SSSR count). The maximum absolute atomic E-state index is 12.1. The van der Waals surface area contributed by atoms with Crippen LogP contribution in [0.1, 0.15) is 11.4 Å². The van der Waals surface area contributed by atoms with Gasteiger partial charge in [-0.05, 0) is 17.7 Å². The number of aryl methyl sites for hydroxylation is 1. The Morgan fingerprint density at radius 2 is 2.00 bits per heavy atom. The summed E-state index contributed by atoms with van der Waals surface area (Å²) in [6.45, 7) is 0.173. The van der Waals surface area contributed by atoms with Crippen LogP contribution in [0, 0.1) is 0 Å². The molecule has 0 aliphatic rings. The zero-order chi connectivity index (χ0) is 13.9. The molecule has 0 saturated heterocycles. The summed E-state index contributed by atoms with van der Waals surface area (Å²) in [7, 11) is -1.68. The minimum absolute atomic E-state index is 0.173. The molecule has 0 saturated carbocycles. The van der Waals surface area contributed by atoms with Crippen LogP contribution >= 0.6 is 15.9 Å². The highest BCUT2D eigenvalue weighted by Gasteiger charge is 2.14. The van der Waals surface area contributed by atoms with Gasteiger partial charge in [-0.15, -0.1) is 0 Å². The standard InChI is InChI=1S/C12H14BrN3O2S/c1-16-7-6-14-12(16)9-15-19(17,18)11-4-2-10(8-13)3-5-11/h2-7,15H,8-9H2,1H3. The smallest absolute Gasteiger partial charge is 0.240 e. The van der Waals surface area contributed by atoms with Crippen molar-refractivity contribution in [3.05, 3.63) is 48.0 Å². The molecule has 19 heavy (non-hydrogen) atoms. The van der Waals surface area contributed by atoms with Crippen LogP contribution in [0.2, 0.25) is 0 Å². The van der Waals surface area contributed by atoms with Crippen LogP contribution in [0.25, 0.3) is 0 Å². The molecule has 1 aromatic carbocycles. The van der Waals surface area contributed by atoms with Crippen molar-refractivity contribution in [1.82, 2.24) is 14.3 Å². The van der Waals surface area contributed by atoms with Crippen LogP contribution in [0.3, 0.4) is 0 Å². The average molecular weight is 344 g/mol. The summed E-state index contributed by atoms with van der Waals surface area (Å²) in [5.41, 5.74) is 1.03. The summed E-state index contributed by atoms with van der Waals surface area (Å²) in [5, 5.41) is 0.702. The van der Waals surface area contributed by atoms with Gasteiger partial charge in [-0.2, -0.15) is 0 Å². The van der Waals surface area contributed by atoms with E-state index >= 15 is 0 Å². The van der Waals surface area contributed by atoms with Gasteiger partial charge in [-0.1, -0.05) is 28.1 Å². The lowest BCUT2D eigenvalue weighted by Gasteiger charge is -2.07. The third kappa shape index (κ3) is 3.43. The molecule has 1 N–H and O–H groups in total. The molecular formula is C12H14BrN3O2S. The summed E-state index contributed by atoms with van der Waals surface area (Å²) >= 11 is 3.32. The van der Waals surface area contributed by atoms with Crippen LogP contribution in [-0.4, -0.2) is 18.0 Å². The molecule has 1 aromatic heterocycles. The Bertz CT molecular complexity index is 650. The third-order valence-corrected chi connectivity index (χ3v) is 4.79. The highest BCUT2D eigenvalue weighted by molar-refractivity contribution is 9.08. The van der Waals surface area contributed by atoms with Crippen molar-refractivity contribution in [2.24, 2.45) is 7.05 Å². The maximum Gasteiger partial charge on any atom is 0.240 e. The number of hydrogen-bond donors (Lipinski definition) is 1. The van der Waals surface area contributed by atoms with Gasteiger partial charge < -0.3 is 4.57 Å². The number of hydrogen-bond acceptors (Lipinski definition) is 3. The Balaban J connectivity index is 2.11. The Hall–Kier alpha value is -1.18. The molecule has 0 bridgehead atoms. The first-order chi connectivity index (χ1) is 9.03. The number of rotatable bonds is 5. The van der Waals surface area contributed by atoms with Crippen molar-refractivity contribution in [1.29, 1.82) is 0 Å². The number of benzene rings is 1. The summed E-state index contributed by atoms with van der Waals surface area (Å²) in [4.78, 5) is 4.33. The fourth-order valence-electron chi connectivity index (χ4n) is 1.57. The molecule has 7 heteroatoms. The van der Waals surface area contributed by atoms with E-state index in [4.69, 9.17) is 0 Å². The van der Waals surface area contributed by atoms with Crippen molar-refractivity contribution in [3.63, 3.8) is 0 Å². The van der Waals surface area contributed by atoms with Gasteiger partial charge in [0.05, 0.1) is 11.4 Å². The van der Waals surface area contributed by atoms with Crippen LogP contribution < -0.4 is 4.72 Å². The fourth-order valence-corrected chi connectivity index (χ4v) is 2.92. The quantitative estimate of drug-likeness (QED) is 0.842. The van der Waals surface area contributed by atoms with E-state index in [1.807, 2.05) is 7.05 Å². The molecule has 1 heterocycles. The largest absolute Gasteiger partial charge is 0.337 e. The van der Waals surface area contributed by atoms with Crippen molar-refractivity contribution in [2.75, 3.05) is 0 Å². The second-order valence-corrected chi connectivity index (χ2v) is 6.38. The van der Waals surface area contributed by atoms with Gasteiger partial charge in [0, 0.05) is 24.8 Å². The monoisotopic (exact) mass is 343 g/mol. The summed E-state index contributed by atoms with van der Waals surface area (Å²) in [5.74, 6) is 0.667. The van der Waals surface area contributed by atoms with Crippen LogP contribution in [-0.2, 0) is 28.9 Å². The van der Waals surface area contributed by atoms with Crippen LogP contribution in [0.5, 0.6) is 0 Å². The minimum Gasteiger partial charge on any atom is -0.337 e. The first-order valence-corrected chi connectivity index (χ1v) is 8.24. The predicted octanol–water partition coefficient (Wildman–Crippen LogP) is 1.79. The zero-order valence-electron chi connectivity index (χ0n) is 10.4. The zero-order valence-corrected chi connectivity index (χ0v) is 12.8. The van der Waals surface area contributed by atoms with E-state index in [1.165, 1.54) is 0 Å². The number of nitrogens with zero attached hydrogens (tertiary/aromatic N) is 2. The van der Waals surface area contributed by atoms with Crippen LogP contribution in [0.15, 0.2) is 41.6 Å². The Labute approximate surface area is 120 Å². The Morgan fingerprint density at radius 1 is 1.32 bits per heavy atom. The molecule has 0 radical (unpaired) electrons. The third-order valence-electron chi connectivity index (χ3n) is 2.73. The Kier molecular flexibility index (Phi) is 4.38. The van der Waals surface area contributed by atoms with Crippen molar-refractivity contribution in [3.8, 4) is 0 Å². The number of imidazole rings is 1. The highest BCUT2D eigenvalue weighted by Crippen LogP contribution is 2.12. The van der Waals surface area contributed by atoms with Gasteiger partial charge in [-0.3, -0.25) is 0 Å². The molecule has 0 aliphatic carbocycles. The number of nitrogens with one attached hydrogen (secondary N) is 1. The molecule has 0 atom stereocenters. The van der Waals surface area contributed by atoms with Crippen molar-refractivity contribution < 1.29 is 8.42 Å². The van der Waals surface area contributed by atoms with Crippen LogP contribution in [0.4, 0.5) is 0 Å². The molecule has 2 aromatic rings. The van der Waals surface area contributed by atoms with Gasteiger partial charge in [-0.25, -0.2) is 18.1 Å². The van der Waals surface area contributed by atoms with E-state index in [0.29, 0.717) is 11.2 Å². The summed E-state index contributed by atoms with van der Waals surface area (Å²) in [6.07, 6.45) is 3.41. The fraction of sp³-hybridized carbons (Fsp3) is 0.250. The SMILES string of the molecule is Cn1ccnc1CNS(=O)(=O)c1ccc(CBr)cc1. The summed E-state index contributed by atoms with van der Waals surface area (Å²) in [6, 6.07) is 6.75. The summed E-state index contributed by atoms with van der Waals surface area (Å²) < 4.78 is 28.5. The molecule has 0 fully saturated rings. The molecule has 0 aliphatic heterocycles. The van der Waals surface area contributed by atoms with Crippen molar-refractivity contribution >= 4 is 26.0 Å². The molecule has 0 spiro atoms. The number of alkyl halides is 1. The molecule has 0 amide bonds. The Morgan fingerprint density at radius 3 is 2.53 bits per heavy atom. The lowest BCUT2D eigenvalue weighted by molar-refractivity contribution is 0.577. The molecule has 102 valence electrons. The van der Waals surface area contributed by atoms with E-state index in [9.17, 15) is 8.42 Å². The van der Waals surface area contributed by atoms with E-state index in [2.05, 4.69) is 25.6 Å². The molecule has 0 unspecified atom stereocenters. The van der Waals surface area contributed by atoms with Gasteiger partial charge in [0.15, 0.2) is 0 Å². The highest BCUT2D eigenvalue weighted by atomic mass is 79.9. The lowest BCUT2D eigenvalue weighted by Crippen LogP contribution is -2.24. The molecular weight excluding hydrogens is 330 g/mol. The van der Waals surface area contributed by atoms with Gasteiger partial charge in [0.2, 0.25) is 10.0 Å². The number of halogens is 1.